The summed E-state index contributed by atoms with van der Waals surface area (Å²) in [5, 5.41) is 23.8. The Labute approximate surface area is 148 Å². The molecule has 2 aromatic rings. The van der Waals surface area contributed by atoms with Crippen molar-refractivity contribution in [3.05, 3.63) is 59.1 Å². The zero-order valence-electron chi connectivity index (χ0n) is 14.2. The lowest BCUT2D eigenvalue weighted by Crippen LogP contribution is -2.44. The van der Waals surface area contributed by atoms with Crippen LogP contribution in [0.1, 0.15) is 31.5 Å². The highest BCUT2D eigenvalue weighted by Crippen LogP contribution is 2.47. The van der Waals surface area contributed by atoms with E-state index >= 15 is 0 Å². The van der Waals surface area contributed by atoms with E-state index in [2.05, 4.69) is 4.74 Å². The fourth-order valence-electron chi connectivity index (χ4n) is 3.24. The van der Waals surface area contributed by atoms with Crippen LogP contribution in [-0.4, -0.2) is 18.1 Å². The Morgan fingerprint density at radius 2 is 1.96 bits per heavy atom. The molecule has 0 radical (unpaired) electrons. The third-order valence-electron chi connectivity index (χ3n) is 4.23. The van der Waals surface area contributed by atoms with E-state index in [-0.39, 0.29) is 30.0 Å². The third kappa shape index (κ3) is 3.55. The molecule has 3 rings (SSSR count). The molecule has 1 unspecified atom stereocenters. The van der Waals surface area contributed by atoms with Crippen LogP contribution in [0.5, 0.6) is 11.5 Å². The molecule has 26 heavy (non-hydrogen) atoms. The van der Waals surface area contributed by atoms with E-state index in [1.807, 2.05) is 13.8 Å². The van der Waals surface area contributed by atoms with Crippen LogP contribution < -0.4 is 14.2 Å². The van der Waals surface area contributed by atoms with Crippen molar-refractivity contribution in [1.29, 1.82) is 0 Å². The zero-order valence-corrected chi connectivity index (χ0v) is 14.2. The Kier molecular flexibility index (Phi) is 4.26. The van der Waals surface area contributed by atoms with Crippen molar-refractivity contribution >= 4 is 0 Å². The summed E-state index contributed by atoms with van der Waals surface area (Å²) in [4.78, 5) is 0. The van der Waals surface area contributed by atoms with E-state index < -0.39 is 23.1 Å². The van der Waals surface area contributed by atoms with Gasteiger partial charge in [0.15, 0.2) is 11.8 Å². The van der Waals surface area contributed by atoms with Crippen LogP contribution >= 0.6 is 0 Å². The molecule has 0 spiro atoms. The average molecular weight is 369 g/mol. The van der Waals surface area contributed by atoms with Gasteiger partial charge in [-0.15, -0.1) is 13.2 Å². The first-order valence-corrected chi connectivity index (χ1v) is 7.94. The number of rotatable bonds is 2. The summed E-state index contributed by atoms with van der Waals surface area (Å²) in [7, 11) is 0. The van der Waals surface area contributed by atoms with Gasteiger partial charge < -0.3 is 19.8 Å². The molecule has 140 valence electrons. The molecule has 1 N–H and O–H groups in total. The predicted octanol–water partition coefficient (Wildman–Crippen LogP) is 3.26. The quantitative estimate of drug-likeness (QED) is 0.652. The molecule has 0 fully saturated rings. The maximum absolute atomic E-state index is 12.6. The topological polar surface area (TPSA) is 65.6 Å². The minimum atomic E-state index is -4.87. The number of aliphatic hydroxyl groups is 1. The maximum atomic E-state index is 12.6. The molecule has 0 bridgehead atoms. The molecular weight excluding hydrogens is 351 g/mol. The van der Waals surface area contributed by atoms with Gasteiger partial charge in [-0.3, -0.25) is 0 Å². The monoisotopic (exact) mass is 369 g/mol. The van der Waals surface area contributed by atoms with Gasteiger partial charge in [0.05, 0.1) is 6.61 Å². The highest BCUT2D eigenvalue weighted by molar-refractivity contribution is 5.47. The van der Waals surface area contributed by atoms with Crippen molar-refractivity contribution in [2.24, 2.45) is 5.41 Å². The van der Waals surface area contributed by atoms with E-state index in [1.54, 1.807) is 6.07 Å². The summed E-state index contributed by atoms with van der Waals surface area (Å²) < 4.78 is 47.9. The third-order valence-corrected chi connectivity index (χ3v) is 4.23. The molecule has 0 aliphatic carbocycles. The van der Waals surface area contributed by atoms with E-state index in [0.29, 0.717) is 4.73 Å². The number of nitrogens with zero attached hydrogens (tertiary/aromatic N) is 1. The van der Waals surface area contributed by atoms with Crippen LogP contribution in [0, 0.1) is 10.6 Å². The van der Waals surface area contributed by atoms with Gasteiger partial charge in [-0.25, -0.2) is 0 Å². The van der Waals surface area contributed by atoms with Gasteiger partial charge in [0.1, 0.15) is 11.5 Å². The van der Waals surface area contributed by atoms with Crippen LogP contribution in [0.3, 0.4) is 0 Å². The SMILES string of the molecule is CC1(C)COc2ccc(OC(F)(F)F)cc2C(O)(c2cccc[n+]2[O-])C1. The van der Waals surface area contributed by atoms with Gasteiger partial charge in [0.2, 0.25) is 5.69 Å². The van der Waals surface area contributed by atoms with Crippen LogP contribution in [0.15, 0.2) is 42.6 Å². The molecule has 0 saturated heterocycles. The number of aromatic nitrogens is 1. The van der Waals surface area contributed by atoms with Gasteiger partial charge in [0, 0.05) is 23.1 Å². The summed E-state index contributed by atoms with van der Waals surface area (Å²) in [6, 6.07) is 8.01. The molecule has 1 aromatic heterocycles. The van der Waals surface area contributed by atoms with Crippen molar-refractivity contribution in [2.75, 3.05) is 6.61 Å². The Hall–Kier alpha value is -2.48. The first-order valence-electron chi connectivity index (χ1n) is 7.94. The Morgan fingerprint density at radius 1 is 1.23 bits per heavy atom. The van der Waals surface area contributed by atoms with Crippen LogP contribution in [0.25, 0.3) is 0 Å². The highest BCUT2D eigenvalue weighted by Gasteiger charge is 2.47. The minimum Gasteiger partial charge on any atom is -0.618 e. The molecule has 0 amide bonds. The largest absolute Gasteiger partial charge is 0.618 e. The lowest BCUT2D eigenvalue weighted by Gasteiger charge is -2.31. The first kappa shape index (κ1) is 18.3. The number of halogens is 3. The number of alkyl halides is 3. The normalized spacial score (nSPS) is 22.1. The molecule has 1 atom stereocenters. The maximum Gasteiger partial charge on any atom is 0.573 e. The predicted molar refractivity (Wildman–Crippen MR) is 85.4 cm³/mol. The summed E-state index contributed by atoms with van der Waals surface area (Å²) in [6.45, 7) is 3.91. The van der Waals surface area contributed by atoms with Gasteiger partial charge in [-0.05, 0) is 30.7 Å². The Morgan fingerprint density at radius 3 is 2.62 bits per heavy atom. The molecule has 0 saturated carbocycles. The van der Waals surface area contributed by atoms with Crippen molar-refractivity contribution in [3.63, 3.8) is 0 Å². The fraction of sp³-hybridized carbons (Fsp3) is 0.389. The second-order valence-electron chi connectivity index (χ2n) is 7.11. The number of hydrogen-bond acceptors (Lipinski definition) is 4. The van der Waals surface area contributed by atoms with Crippen LogP contribution in [-0.2, 0) is 5.60 Å². The zero-order chi connectivity index (χ0) is 19.2. The first-order chi connectivity index (χ1) is 12.0. The minimum absolute atomic E-state index is 0.00369. The molecule has 8 heteroatoms. The van der Waals surface area contributed by atoms with Gasteiger partial charge in [0.25, 0.3) is 0 Å². The van der Waals surface area contributed by atoms with E-state index in [1.165, 1.54) is 24.4 Å². The summed E-state index contributed by atoms with van der Waals surface area (Å²) >= 11 is 0. The van der Waals surface area contributed by atoms with Crippen LogP contribution in [0.4, 0.5) is 13.2 Å². The van der Waals surface area contributed by atoms with E-state index in [0.717, 1.165) is 12.1 Å². The fourth-order valence-corrected chi connectivity index (χ4v) is 3.24. The smallest absolute Gasteiger partial charge is 0.573 e. The standard InChI is InChI=1S/C18H18F3NO4/c1-16(2)10-17(23,15-5-3-4-8-22(15)24)13-9-12(26-18(19,20)21)6-7-14(13)25-11-16/h3-9,23H,10-11H2,1-2H3. The van der Waals surface area contributed by atoms with Gasteiger partial charge in [-0.1, -0.05) is 13.8 Å². The Balaban J connectivity index is 2.20. The van der Waals surface area contributed by atoms with Crippen molar-refractivity contribution in [3.8, 4) is 11.5 Å². The summed E-state index contributed by atoms with van der Waals surface area (Å²) in [6.07, 6.45) is -3.57. The van der Waals surface area contributed by atoms with E-state index in [9.17, 15) is 23.5 Å². The average Bonchev–Trinajstić information content (AvgIpc) is 2.61. The van der Waals surface area contributed by atoms with Gasteiger partial charge >= 0.3 is 6.36 Å². The van der Waals surface area contributed by atoms with E-state index in [4.69, 9.17) is 4.74 Å². The highest BCUT2D eigenvalue weighted by atomic mass is 19.4. The Bertz CT molecular complexity index is 822. The lowest BCUT2D eigenvalue weighted by atomic mass is 9.76. The number of fused-ring (bicyclic) bond motifs is 1. The molecule has 1 aliphatic rings. The summed E-state index contributed by atoms with van der Waals surface area (Å²) in [5.74, 6) is -0.289. The number of hydrogen-bond donors (Lipinski definition) is 1. The number of pyridine rings is 1. The molecular formula is C18H18F3NO4. The lowest BCUT2D eigenvalue weighted by molar-refractivity contribution is -0.622. The summed E-state index contributed by atoms with van der Waals surface area (Å²) in [5.41, 5.74) is -2.32. The van der Waals surface area contributed by atoms with Crippen molar-refractivity contribution in [2.45, 2.75) is 32.2 Å². The molecule has 1 aliphatic heterocycles. The van der Waals surface area contributed by atoms with Crippen LogP contribution in [0.2, 0.25) is 0 Å². The van der Waals surface area contributed by atoms with Gasteiger partial charge in [-0.2, -0.15) is 4.73 Å². The molecule has 1 aromatic carbocycles. The molecule has 2 heterocycles. The van der Waals surface area contributed by atoms with Crippen molar-refractivity contribution < 1.29 is 32.5 Å². The second kappa shape index (κ2) is 6.05. The van der Waals surface area contributed by atoms with Crippen molar-refractivity contribution in [1.82, 2.24) is 0 Å². The second-order valence-corrected chi connectivity index (χ2v) is 7.11. The molecule has 5 nitrogen and oxygen atoms in total. The number of benzene rings is 1. The number of ether oxygens (including phenoxy) is 2.